The van der Waals surface area contributed by atoms with Gasteiger partial charge in [0.1, 0.15) is 0 Å². The molecule has 0 radical (unpaired) electrons. The van der Waals surface area contributed by atoms with Gasteiger partial charge >= 0.3 is 0 Å². The van der Waals surface area contributed by atoms with Gasteiger partial charge in [-0.1, -0.05) is 273 Å². The zero-order valence-electron chi connectivity index (χ0n) is 73.4. The van der Waals surface area contributed by atoms with Crippen LogP contribution in [-0.2, 0) is 12.8 Å². The Labute approximate surface area is 774 Å². The fourth-order valence-corrected chi connectivity index (χ4v) is 24.4. The summed E-state index contributed by atoms with van der Waals surface area (Å²) in [5.74, 6) is 0.266. The Morgan fingerprint density at radius 3 is 0.563 bits per heavy atom. The van der Waals surface area contributed by atoms with Crippen LogP contribution in [0.4, 0.5) is 0 Å². The van der Waals surface area contributed by atoms with E-state index in [9.17, 15) is 0 Å². The lowest BCUT2D eigenvalue weighted by molar-refractivity contribution is 0.576. The van der Waals surface area contributed by atoms with E-state index >= 15 is 0 Å². The van der Waals surface area contributed by atoms with Gasteiger partial charge in [0.05, 0.1) is 145 Å². The van der Waals surface area contributed by atoms with Crippen molar-refractivity contribution in [2.45, 2.75) is 25.2 Å². The molecule has 29 aromatic rings. The highest BCUT2D eigenvalue weighted by Crippen LogP contribution is 2.49. The highest BCUT2D eigenvalue weighted by molar-refractivity contribution is 6.18. The molecule has 0 saturated heterocycles. The summed E-state index contributed by atoms with van der Waals surface area (Å²) < 4.78 is 22.6. The van der Waals surface area contributed by atoms with Crippen LogP contribution in [0.25, 0.3) is 248 Å². The molecule has 0 N–H and O–H groups in total. The first-order valence-electron chi connectivity index (χ1n) is 47.1. The van der Waals surface area contributed by atoms with Gasteiger partial charge in [-0.05, 0) is 223 Å². The summed E-state index contributed by atoms with van der Waals surface area (Å²) in [5, 5.41) is 20.9. The molecule has 630 valence electrons. The Balaban J connectivity index is 0.557. The quantitative estimate of drug-likeness (QED) is 0.124. The van der Waals surface area contributed by atoms with E-state index in [4.69, 9.17) is 0 Å². The smallest absolute Gasteiger partial charge is 0.0541 e. The van der Waals surface area contributed by atoms with Crippen molar-refractivity contribution < 1.29 is 0 Å². The van der Waals surface area contributed by atoms with Gasteiger partial charge in [-0.25, -0.2) is 0 Å². The van der Waals surface area contributed by atoms with E-state index in [1.165, 1.54) is 180 Å². The summed E-state index contributed by atoms with van der Waals surface area (Å²) in [6.45, 7) is 0. The summed E-state index contributed by atoms with van der Waals surface area (Å²) in [5.41, 5.74) is 36.3. The maximum absolute atomic E-state index is 2.64. The Bertz CT molecular complexity index is 9640. The van der Waals surface area contributed by atoms with Crippen molar-refractivity contribution in [1.82, 2.24) is 41.1 Å². The third-order valence-corrected chi connectivity index (χ3v) is 30.0. The van der Waals surface area contributed by atoms with Crippen LogP contribution in [0, 0.1) is 0 Å². The Morgan fingerprint density at radius 1 is 0.148 bits per heavy atom. The molecule has 9 heteroatoms. The zero-order valence-corrected chi connectivity index (χ0v) is 73.4. The Morgan fingerprint density at radius 2 is 0.326 bits per heavy atom. The van der Waals surface area contributed by atoms with Crippen molar-refractivity contribution in [1.29, 1.82) is 0 Å². The van der Waals surface area contributed by atoms with Gasteiger partial charge in [0.25, 0.3) is 0 Å². The molecule has 135 heavy (non-hydrogen) atoms. The third kappa shape index (κ3) is 10.7. The maximum Gasteiger partial charge on any atom is 0.0541 e. The van der Waals surface area contributed by atoms with Crippen LogP contribution in [0.2, 0.25) is 0 Å². The first-order valence-corrected chi connectivity index (χ1v) is 47.1. The summed E-state index contributed by atoms with van der Waals surface area (Å²) in [6, 6.07) is 169. The molecule has 30 rings (SSSR count). The van der Waals surface area contributed by atoms with E-state index in [0.29, 0.717) is 0 Å². The van der Waals surface area contributed by atoms with Crippen LogP contribution in [0.3, 0.4) is 0 Å². The number of hydrogen-bond donors (Lipinski definition) is 0. The van der Waals surface area contributed by atoms with Crippen LogP contribution < -0.4 is 0 Å². The van der Waals surface area contributed by atoms with Gasteiger partial charge in [0, 0.05) is 97.3 Å². The molecule has 9 nitrogen and oxygen atoms in total. The lowest BCUT2D eigenvalue weighted by atomic mass is 9.81. The number of fused-ring (bicyclic) bond motifs is 27. The van der Waals surface area contributed by atoms with Gasteiger partial charge in [-0.3, -0.25) is 0 Å². The van der Waals surface area contributed by atoms with Crippen molar-refractivity contribution in [2.75, 3.05) is 0 Å². The number of nitrogens with zero attached hydrogens (tertiary/aromatic N) is 9. The van der Waals surface area contributed by atoms with E-state index in [2.05, 4.69) is 490 Å². The van der Waals surface area contributed by atoms with E-state index < -0.39 is 0 Å². The van der Waals surface area contributed by atoms with Gasteiger partial charge in [0.15, 0.2) is 0 Å². The summed E-state index contributed by atoms with van der Waals surface area (Å²) >= 11 is 0. The summed E-state index contributed by atoms with van der Waals surface area (Å²) in [6.07, 6.45) is 2.80. The molecule has 1 aliphatic rings. The topological polar surface area (TPSA) is 44.4 Å². The predicted molar refractivity (Wildman–Crippen MR) is 565 cm³/mol. The van der Waals surface area contributed by atoms with E-state index in [1.54, 1.807) is 0 Å². The van der Waals surface area contributed by atoms with Crippen LogP contribution in [0.15, 0.2) is 449 Å². The van der Waals surface area contributed by atoms with Crippen molar-refractivity contribution >= 4 is 185 Å². The van der Waals surface area contributed by atoms with Crippen molar-refractivity contribution in [2.24, 2.45) is 0 Å². The molecule has 0 fully saturated rings. The Kier molecular flexibility index (Phi) is 15.6. The van der Waals surface area contributed by atoms with Crippen molar-refractivity contribution in [3.05, 3.63) is 466 Å². The molecular weight excluding hydrogens is 1640 g/mol. The van der Waals surface area contributed by atoms with Crippen LogP contribution >= 0.6 is 0 Å². The molecule has 0 spiro atoms. The van der Waals surface area contributed by atoms with Crippen molar-refractivity contribution in [3.8, 4) is 62.3 Å². The highest BCUT2D eigenvalue weighted by Gasteiger charge is 2.31. The molecule has 0 bridgehead atoms. The molecule has 9 heterocycles. The highest BCUT2D eigenvalue weighted by atomic mass is 15.1. The average molecular weight is 1720 g/mol. The fraction of sp³-hybridized carbons (Fsp3) is 0.0317. The van der Waals surface area contributed by atoms with Crippen LogP contribution in [0.1, 0.15) is 29.2 Å². The first-order chi connectivity index (χ1) is 67.0. The monoisotopic (exact) mass is 1720 g/mol. The molecule has 1 unspecified atom stereocenters. The van der Waals surface area contributed by atoms with E-state index in [-0.39, 0.29) is 5.92 Å². The molecule has 0 aliphatic heterocycles. The van der Waals surface area contributed by atoms with Crippen LogP contribution in [0.5, 0.6) is 0 Å². The minimum Gasteiger partial charge on any atom is -0.313 e. The summed E-state index contributed by atoms with van der Waals surface area (Å²) in [7, 11) is 0. The number of hydrogen-bond acceptors (Lipinski definition) is 0. The second kappa shape index (κ2) is 28.4. The normalized spacial score (nSPS) is 13.3. The zero-order chi connectivity index (χ0) is 87.9. The molecule has 20 aromatic carbocycles. The van der Waals surface area contributed by atoms with Gasteiger partial charge in [-0.2, -0.15) is 0 Å². The van der Waals surface area contributed by atoms with E-state index in [0.717, 1.165) is 104 Å². The molecule has 1 atom stereocenters. The fourth-order valence-electron chi connectivity index (χ4n) is 24.4. The largest absolute Gasteiger partial charge is 0.313 e. The molecule has 1 aliphatic carbocycles. The number of aromatic nitrogens is 9. The minimum absolute atomic E-state index is 0.266. The van der Waals surface area contributed by atoms with Crippen molar-refractivity contribution in [3.63, 3.8) is 0 Å². The lowest BCUT2D eigenvalue weighted by Crippen LogP contribution is -2.15. The maximum atomic E-state index is 2.64. The molecular formula is C126H81N9. The van der Waals surface area contributed by atoms with Gasteiger partial charge in [-0.15, -0.1) is 0 Å². The predicted octanol–water partition coefficient (Wildman–Crippen LogP) is 32.3. The standard InChI is InChI=1S/C126H81N9/c1-15-43-109-91(29-1)92-30-2-16-44-110(92)127(109)82-69-83(128-111-45-17-3-31-93(111)94-32-4-18-46-112(94)128)72-87(71-82)132-119-53-25-11-39-101(119)105-65-78(57-61-123(105)132)80-59-63-125-107(67-80)103-41-13-27-55-121(103)134(125)89-75-86(131-117-51-23-9-37-99(117)100-38-10-24-52-118(100)131)76-90(77-89)135-122-56-28-14-42-104(122)108-68-81(60-64-126(108)135)79-58-62-124-106(66-79)102-40-12-26-54-120(102)133(124)88-73-84(129-113-47-19-5-33-95(113)96-34-6-20-48-114(96)129)70-85(74-88)130-115-49-21-7-35-97(115)98-36-8-22-50-116(98)130/h1-59,61-63,65-67,69-77,81H,60,64,68H2. The lowest BCUT2D eigenvalue weighted by Gasteiger charge is -2.25. The SMILES string of the molecule is c1ccc2c(c1)c1c(n2-c2cc(-n3c4ccccc4c4ccccc43)cc(-n3c4ccccc4c4cc(-c5ccc6c(c5)c5ccccc5n6-c5cc(-n6c7ccccc7c7ccccc76)cc(-n6c7ccccc7c7ccccc76)c5)ccc43)c2)CCC(c2ccc3c(c2)c2ccccc2n3-c2cc(-n3c4ccccc4c4ccccc43)cc(-n3c4ccccc4c4ccccc43)c2)C1. The third-order valence-electron chi connectivity index (χ3n) is 30.0. The molecule has 0 saturated carbocycles. The van der Waals surface area contributed by atoms with Gasteiger partial charge in [0.2, 0.25) is 0 Å². The summed E-state index contributed by atoms with van der Waals surface area (Å²) in [4.78, 5) is 0. The van der Waals surface area contributed by atoms with Crippen LogP contribution in [-0.4, -0.2) is 41.1 Å². The second-order valence-electron chi connectivity index (χ2n) is 37.0. The first kappa shape index (κ1) is 74.2. The number of benzene rings is 20. The van der Waals surface area contributed by atoms with E-state index in [1.807, 2.05) is 0 Å². The average Bonchev–Trinajstić information content (AvgIpc) is 1.57. The number of para-hydroxylation sites is 14. The molecule has 0 amide bonds. The second-order valence-corrected chi connectivity index (χ2v) is 37.0. The Hall–Kier alpha value is -17.7. The van der Waals surface area contributed by atoms with Gasteiger partial charge < -0.3 is 41.1 Å². The molecule has 9 aromatic heterocycles. The number of rotatable bonds is 11. The minimum atomic E-state index is 0.266.